The van der Waals surface area contributed by atoms with Gasteiger partial charge in [0, 0.05) is 7.26 Å². The second-order valence-corrected chi connectivity index (χ2v) is 8.11. The van der Waals surface area contributed by atoms with Crippen molar-refractivity contribution in [1.29, 1.82) is 0 Å². The molecule has 0 aliphatic heterocycles. The van der Waals surface area contributed by atoms with Crippen LogP contribution in [-0.2, 0) is 0 Å². The summed E-state index contributed by atoms with van der Waals surface area (Å²) in [4.78, 5) is 0. The van der Waals surface area contributed by atoms with E-state index in [-0.39, 0.29) is 12.4 Å². The topological polar surface area (TPSA) is 0 Å². The molecule has 0 radical (unpaired) electrons. The number of halogens is 2. The van der Waals surface area contributed by atoms with Gasteiger partial charge in [-0.25, -0.2) is 0 Å². The molecule has 0 heterocycles. The van der Waals surface area contributed by atoms with E-state index in [0.717, 1.165) is 5.88 Å². The van der Waals surface area contributed by atoms with Crippen LogP contribution in [0.25, 0.3) is 0 Å². The van der Waals surface area contributed by atoms with Crippen LogP contribution in [0.1, 0.15) is 20.8 Å². The van der Waals surface area contributed by atoms with Crippen molar-refractivity contribution in [1.82, 2.24) is 0 Å². The highest BCUT2D eigenvalue weighted by molar-refractivity contribution is 7.75. The molecule has 0 atom stereocenters. The molecule has 0 aromatic rings. The first kappa shape index (κ1) is 14.5. The van der Waals surface area contributed by atoms with Crippen LogP contribution in [0.5, 0.6) is 0 Å². The molecule has 0 aromatic heterocycles. The van der Waals surface area contributed by atoms with E-state index >= 15 is 0 Å². The molecule has 11 heavy (non-hydrogen) atoms. The minimum Gasteiger partial charge on any atom is -1.00 e. The highest BCUT2D eigenvalue weighted by atomic mass is 35.5. The summed E-state index contributed by atoms with van der Waals surface area (Å²) in [5, 5.41) is 0. The summed E-state index contributed by atoms with van der Waals surface area (Å²) in [7, 11) is -0.571. The Balaban J connectivity index is 0. The van der Waals surface area contributed by atoms with Crippen LogP contribution in [0.15, 0.2) is 0 Å². The smallest absolute Gasteiger partial charge is 0.0729 e. The molecule has 3 heteroatoms. The van der Waals surface area contributed by atoms with Crippen molar-refractivity contribution in [3.05, 3.63) is 0 Å². The normalized spacial score (nSPS) is 10.9. The van der Waals surface area contributed by atoms with E-state index in [0.29, 0.717) is 0 Å². The maximum Gasteiger partial charge on any atom is 0.0729 e. The molecular formula is C8H19Cl2P. The maximum atomic E-state index is 5.75. The van der Waals surface area contributed by atoms with E-state index in [1.54, 1.807) is 0 Å². The van der Waals surface area contributed by atoms with E-state index < -0.39 is 7.26 Å². The lowest BCUT2D eigenvalue weighted by atomic mass is 10.9. The molecule has 0 fully saturated rings. The first-order valence-electron chi connectivity index (χ1n) is 4.15. The van der Waals surface area contributed by atoms with E-state index in [4.69, 9.17) is 11.6 Å². The van der Waals surface area contributed by atoms with Crippen molar-refractivity contribution >= 4 is 18.9 Å². The highest BCUT2D eigenvalue weighted by Crippen LogP contribution is 2.57. The summed E-state index contributed by atoms with van der Waals surface area (Å²) in [6, 6.07) is 0. The lowest BCUT2D eigenvalue weighted by Crippen LogP contribution is -3.00. The predicted molar refractivity (Wildman–Crippen MR) is 54.1 cm³/mol. The highest BCUT2D eigenvalue weighted by Gasteiger charge is 2.29. The molecular weight excluding hydrogens is 198 g/mol. The van der Waals surface area contributed by atoms with Gasteiger partial charge in [-0.15, -0.1) is 11.6 Å². The third-order valence-corrected chi connectivity index (χ3v) is 8.22. The molecule has 0 aliphatic rings. The van der Waals surface area contributed by atoms with Crippen molar-refractivity contribution in [2.45, 2.75) is 20.8 Å². The summed E-state index contributed by atoms with van der Waals surface area (Å²) < 4.78 is 0. The average Bonchev–Trinajstić information content (AvgIpc) is 2.01. The van der Waals surface area contributed by atoms with Gasteiger partial charge < -0.3 is 12.4 Å². The quantitative estimate of drug-likeness (QED) is 0.459. The summed E-state index contributed by atoms with van der Waals surface area (Å²) in [6.45, 7) is 6.94. The fourth-order valence-electron chi connectivity index (χ4n) is 1.32. The van der Waals surface area contributed by atoms with Crippen molar-refractivity contribution in [2.24, 2.45) is 0 Å². The molecule has 0 spiro atoms. The minimum absolute atomic E-state index is 0. The molecule has 0 amide bonds. The molecule has 0 aromatic carbocycles. The lowest BCUT2D eigenvalue weighted by Gasteiger charge is -2.21. The van der Waals surface area contributed by atoms with Crippen molar-refractivity contribution in [3.63, 3.8) is 0 Å². The standard InChI is InChI=1S/C8H19ClP.ClH/c1-4-10(5-2,6-3)8-7-9;/h4-8H2,1-3H3;1H/q+1;/p-1. The molecule has 0 nitrogen and oxygen atoms in total. The van der Waals surface area contributed by atoms with Gasteiger partial charge in [0.15, 0.2) is 0 Å². The van der Waals surface area contributed by atoms with Gasteiger partial charge in [-0.2, -0.15) is 0 Å². The van der Waals surface area contributed by atoms with Crippen LogP contribution in [0.4, 0.5) is 0 Å². The number of hydrogen-bond acceptors (Lipinski definition) is 0. The van der Waals surface area contributed by atoms with Crippen molar-refractivity contribution in [2.75, 3.05) is 30.5 Å². The van der Waals surface area contributed by atoms with Crippen LogP contribution in [0, 0.1) is 0 Å². The second-order valence-electron chi connectivity index (χ2n) is 2.70. The number of alkyl halides is 1. The Morgan fingerprint density at radius 2 is 1.36 bits per heavy atom. The van der Waals surface area contributed by atoms with Crippen LogP contribution in [-0.4, -0.2) is 30.5 Å². The van der Waals surface area contributed by atoms with Gasteiger partial charge in [0.25, 0.3) is 0 Å². The van der Waals surface area contributed by atoms with Crippen molar-refractivity contribution < 1.29 is 12.4 Å². The summed E-state index contributed by atoms with van der Waals surface area (Å²) in [5.74, 6) is 0.864. The van der Waals surface area contributed by atoms with Gasteiger partial charge in [-0.05, 0) is 20.8 Å². The fourth-order valence-corrected chi connectivity index (χ4v) is 5.05. The largest absolute Gasteiger partial charge is 1.00 e. The molecule has 0 unspecified atom stereocenters. The summed E-state index contributed by atoms with van der Waals surface area (Å²) in [5.41, 5.74) is 0. The van der Waals surface area contributed by atoms with E-state index in [9.17, 15) is 0 Å². The van der Waals surface area contributed by atoms with Gasteiger partial charge >= 0.3 is 0 Å². The molecule has 0 N–H and O–H groups in total. The van der Waals surface area contributed by atoms with Gasteiger partial charge in [0.05, 0.1) is 30.5 Å². The van der Waals surface area contributed by atoms with Crippen molar-refractivity contribution in [3.8, 4) is 0 Å². The second kappa shape index (κ2) is 7.65. The zero-order valence-electron chi connectivity index (χ0n) is 7.74. The van der Waals surface area contributed by atoms with Crippen LogP contribution < -0.4 is 12.4 Å². The van der Waals surface area contributed by atoms with Crippen LogP contribution in [0.3, 0.4) is 0 Å². The molecule has 0 aliphatic carbocycles. The summed E-state index contributed by atoms with van der Waals surface area (Å²) in [6.07, 6.45) is 5.43. The first-order chi connectivity index (χ1) is 4.74. The van der Waals surface area contributed by atoms with Crippen LogP contribution in [0.2, 0.25) is 0 Å². The van der Waals surface area contributed by atoms with E-state index in [2.05, 4.69) is 20.8 Å². The molecule has 0 saturated heterocycles. The Morgan fingerprint density at radius 3 is 1.45 bits per heavy atom. The third kappa shape index (κ3) is 4.55. The maximum absolute atomic E-state index is 5.75. The van der Waals surface area contributed by atoms with Gasteiger partial charge in [-0.3, -0.25) is 0 Å². The monoisotopic (exact) mass is 216 g/mol. The predicted octanol–water partition coefficient (Wildman–Crippen LogP) is 0.306. The average molecular weight is 217 g/mol. The van der Waals surface area contributed by atoms with Gasteiger partial charge in [-0.1, -0.05) is 0 Å². The Labute approximate surface area is 82.8 Å². The van der Waals surface area contributed by atoms with Crippen LogP contribution >= 0.6 is 18.9 Å². The SMILES string of the molecule is CC[P+](CC)(CC)CCCl.[Cl-]. The van der Waals surface area contributed by atoms with Gasteiger partial charge in [0.1, 0.15) is 0 Å². The Hall–Kier alpha value is 1.01. The molecule has 0 saturated carbocycles. The Kier molecular flexibility index (Phi) is 10.1. The van der Waals surface area contributed by atoms with Gasteiger partial charge in [0.2, 0.25) is 0 Å². The Morgan fingerprint density at radius 1 is 1.00 bits per heavy atom. The molecule has 0 bridgehead atoms. The summed E-state index contributed by atoms with van der Waals surface area (Å²) >= 11 is 5.75. The number of hydrogen-bond donors (Lipinski definition) is 0. The zero-order chi connectivity index (χ0) is 8.04. The van der Waals surface area contributed by atoms with E-state index in [1.165, 1.54) is 24.6 Å². The van der Waals surface area contributed by atoms with E-state index in [1.807, 2.05) is 0 Å². The zero-order valence-corrected chi connectivity index (χ0v) is 10.1. The molecule has 0 rings (SSSR count). The minimum atomic E-state index is -0.571. The third-order valence-electron chi connectivity index (χ3n) is 2.57. The first-order valence-corrected chi connectivity index (χ1v) is 7.22. The molecule has 70 valence electrons. The Bertz CT molecular complexity index is 73.9. The number of rotatable bonds is 5. The fraction of sp³-hybridized carbons (Fsp3) is 1.00. The lowest BCUT2D eigenvalue weighted by molar-refractivity contribution is -0.00000229.